The van der Waals surface area contributed by atoms with Crippen molar-refractivity contribution in [2.45, 2.75) is 104 Å². The van der Waals surface area contributed by atoms with Crippen LogP contribution in [0, 0.1) is 0 Å². The van der Waals surface area contributed by atoms with Gasteiger partial charge in [-0.2, -0.15) is 0 Å². The van der Waals surface area contributed by atoms with Crippen molar-refractivity contribution in [3.63, 3.8) is 0 Å². The van der Waals surface area contributed by atoms with E-state index in [0.29, 0.717) is 0 Å². The lowest BCUT2D eigenvalue weighted by atomic mass is 9.79. The molecule has 0 saturated heterocycles. The van der Waals surface area contributed by atoms with E-state index < -0.39 is 0 Å². The van der Waals surface area contributed by atoms with E-state index in [4.69, 9.17) is 4.74 Å². The quantitative estimate of drug-likeness (QED) is 0.355. The Labute approximate surface area is 167 Å². The van der Waals surface area contributed by atoms with Crippen LogP contribution < -0.4 is 10.1 Å². The lowest BCUT2D eigenvalue weighted by Gasteiger charge is -2.39. The van der Waals surface area contributed by atoms with Crippen LogP contribution in [0.2, 0.25) is 0 Å². The molecule has 152 valence electrons. The van der Waals surface area contributed by atoms with Crippen LogP contribution in [-0.4, -0.2) is 12.1 Å². The molecule has 1 N–H and O–H groups in total. The maximum atomic E-state index is 5.99. The average Bonchev–Trinajstić information content (AvgIpc) is 2.69. The van der Waals surface area contributed by atoms with Gasteiger partial charge in [0.1, 0.15) is 5.75 Å². The third-order valence-corrected chi connectivity index (χ3v) is 5.69. The Hall–Kier alpha value is -1.44. The molecule has 27 heavy (non-hydrogen) atoms. The summed E-state index contributed by atoms with van der Waals surface area (Å²) in [6.07, 6.45) is 16.1. The third kappa shape index (κ3) is 6.30. The lowest BCUT2D eigenvalue weighted by molar-refractivity contribution is 0.309. The molecule has 1 aromatic carbocycles. The summed E-state index contributed by atoms with van der Waals surface area (Å²) in [7, 11) is 0. The first-order valence-electron chi connectivity index (χ1n) is 11.4. The predicted octanol–water partition coefficient (Wildman–Crippen LogP) is 7.98. The van der Waals surface area contributed by atoms with Gasteiger partial charge in [-0.3, -0.25) is 0 Å². The SMILES string of the molecule is CCCCOc1ccc2c(c1)C(CCCC)=CC(CCCC)(CCCC)N2. The zero-order chi connectivity index (χ0) is 19.5. The van der Waals surface area contributed by atoms with E-state index in [0.717, 1.165) is 18.8 Å². The van der Waals surface area contributed by atoms with Gasteiger partial charge in [0.05, 0.1) is 12.1 Å². The summed E-state index contributed by atoms with van der Waals surface area (Å²) in [6.45, 7) is 9.90. The second kappa shape index (κ2) is 11.4. The van der Waals surface area contributed by atoms with E-state index in [9.17, 15) is 0 Å². The number of anilines is 1. The van der Waals surface area contributed by atoms with Crippen LogP contribution in [0.1, 0.15) is 104 Å². The van der Waals surface area contributed by atoms with Crippen molar-refractivity contribution in [1.82, 2.24) is 0 Å². The van der Waals surface area contributed by atoms with Gasteiger partial charge < -0.3 is 10.1 Å². The molecule has 0 aliphatic carbocycles. The monoisotopic (exact) mass is 371 g/mol. The molecule has 1 heterocycles. The fraction of sp³-hybridized carbons (Fsp3) is 0.680. The Morgan fingerprint density at radius 2 is 1.52 bits per heavy atom. The zero-order valence-corrected chi connectivity index (χ0v) is 18.2. The molecular weight excluding hydrogens is 330 g/mol. The van der Waals surface area contributed by atoms with Gasteiger partial charge in [-0.1, -0.05) is 72.3 Å². The average molecular weight is 372 g/mol. The van der Waals surface area contributed by atoms with Gasteiger partial charge in [0.2, 0.25) is 0 Å². The second-order valence-corrected chi connectivity index (χ2v) is 8.17. The van der Waals surface area contributed by atoms with Crippen molar-refractivity contribution in [1.29, 1.82) is 0 Å². The van der Waals surface area contributed by atoms with E-state index in [1.807, 2.05) is 0 Å². The van der Waals surface area contributed by atoms with Crippen LogP contribution in [-0.2, 0) is 0 Å². The van der Waals surface area contributed by atoms with Gasteiger partial charge >= 0.3 is 0 Å². The van der Waals surface area contributed by atoms with Crippen molar-refractivity contribution >= 4 is 11.3 Å². The van der Waals surface area contributed by atoms with E-state index in [2.05, 4.69) is 57.3 Å². The summed E-state index contributed by atoms with van der Waals surface area (Å²) in [6, 6.07) is 6.67. The van der Waals surface area contributed by atoms with Crippen molar-refractivity contribution < 1.29 is 4.74 Å². The molecule has 0 spiro atoms. The van der Waals surface area contributed by atoms with E-state index in [1.54, 1.807) is 0 Å². The molecule has 2 rings (SSSR count). The molecule has 1 aromatic rings. The highest BCUT2D eigenvalue weighted by molar-refractivity contribution is 5.82. The largest absolute Gasteiger partial charge is 0.494 e. The van der Waals surface area contributed by atoms with Crippen LogP contribution in [0.15, 0.2) is 24.3 Å². The summed E-state index contributed by atoms with van der Waals surface area (Å²) in [5, 5.41) is 3.95. The summed E-state index contributed by atoms with van der Waals surface area (Å²) in [5.74, 6) is 1.01. The first-order chi connectivity index (χ1) is 13.2. The topological polar surface area (TPSA) is 21.3 Å². The van der Waals surface area contributed by atoms with Crippen molar-refractivity contribution in [3.8, 4) is 5.75 Å². The maximum Gasteiger partial charge on any atom is 0.120 e. The molecule has 1 aliphatic rings. The van der Waals surface area contributed by atoms with Crippen molar-refractivity contribution in [2.24, 2.45) is 0 Å². The van der Waals surface area contributed by atoms with Gasteiger partial charge in [-0.15, -0.1) is 0 Å². The van der Waals surface area contributed by atoms with E-state index in [-0.39, 0.29) is 5.54 Å². The third-order valence-electron chi connectivity index (χ3n) is 5.69. The summed E-state index contributed by atoms with van der Waals surface area (Å²) in [5.41, 5.74) is 4.32. The Kier molecular flexibility index (Phi) is 9.24. The number of unbranched alkanes of at least 4 members (excludes halogenated alkanes) is 4. The van der Waals surface area contributed by atoms with Gasteiger partial charge in [0, 0.05) is 11.3 Å². The highest BCUT2D eigenvalue weighted by Crippen LogP contribution is 2.42. The Morgan fingerprint density at radius 1 is 0.852 bits per heavy atom. The van der Waals surface area contributed by atoms with Crippen molar-refractivity contribution in [2.75, 3.05) is 11.9 Å². The fourth-order valence-electron chi connectivity index (χ4n) is 3.99. The number of hydrogen-bond acceptors (Lipinski definition) is 2. The predicted molar refractivity (Wildman–Crippen MR) is 120 cm³/mol. The summed E-state index contributed by atoms with van der Waals surface area (Å²) >= 11 is 0. The highest BCUT2D eigenvalue weighted by atomic mass is 16.5. The van der Waals surface area contributed by atoms with E-state index in [1.165, 1.54) is 81.0 Å². The molecule has 2 heteroatoms. The lowest BCUT2D eigenvalue weighted by Crippen LogP contribution is -2.39. The smallest absolute Gasteiger partial charge is 0.120 e. The standard InChI is InChI=1S/C25H41NO/c1-5-9-13-21-20-25(16-10-6-2,17-11-7-3)26-24-15-14-22(19-23(21)24)27-18-12-8-4/h14-15,19-20,26H,5-13,16-18H2,1-4H3. The second-order valence-electron chi connectivity index (χ2n) is 8.17. The number of ether oxygens (including phenoxy) is 1. The number of nitrogens with one attached hydrogen (secondary N) is 1. The minimum absolute atomic E-state index is 0.132. The highest BCUT2D eigenvalue weighted by Gasteiger charge is 2.32. The molecule has 0 unspecified atom stereocenters. The molecule has 0 aromatic heterocycles. The Balaban J connectivity index is 2.32. The zero-order valence-electron chi connectivity index (χ0n) is 18.2. The minimum Gasteiger partial charge on any atom is -0.494 e. The van der Waals surface area contributed by atoms with Crippen LogP contribution in [0.3, 0.4) is 0 Å². The van der Waals surface area contributed by atoms with Crippen LogP contribution >= 0.6 is 0 Å². The molecular formula is C25H41NO. The molecule has 0 radical (unpaired) electrons. The van der Waals surface area contributed by atoms with Gasteiger partial charge in [0.25, 0.3) is 0 Å². The summed E-state index contributed by atoms with van der Waals surface area (Å²) < 4.78 is 5.99. The number of allylic oxidation sites excluding steroid dienone is 1. The van der Waals surface area contributed by atoms with Crippen molar-refractivity contribution in [3.05, 3.63) is 29.8 Å². The molecule has 2 nitrogen and oxygen atoms in total. The Morgan fingerprint density at radius 3 is 2.15 bits per heavy atom. The van der Waals surface area contributed by atoms with Gasteiger partial charge in [-0.25, -0.2) is 0 Å². The molecule has 0 bridgehead atoms. The first-order valence-corrected chi connectivity index (χ1v) is 11.4. The first kappa shape index (κ1) is 21.9. The molecule has 1 aliphatic heterocycles. The number of rotatable bonds is 13. The molecule has 0 fully saturated rings. The van der Waals surface area contributed by atoms with Crippen LogP contribution in [0.4, 0.5) is 5.69 Å². The molecule has 0 atom stereocenters. The van der Waals surface area contributed by atoms with E-state index >= 15 is 0 Å². The van der Waals surface area contributed by atoms with Crippen LogP contribution in [0.5, 0.6) is 5.75 Å². The number of fused-ring (bicyclic) bond motifs is 1. The fourth-order valence-corrected chi connectivity index (χ4v) is 3.99. The number of benzene rings is 1. The molecule has 0 saturated carbocycles. The number of hydrogen-bond donors (Lipinski definition) is 1. The maximum absolute atomic E-state index is 5.99. The molecule has 0 amide bonds. The van der Waals surface area contributed by atoms with Gasteiger partial charge in [0.15, 0.2) is 0 Å². The summed E-state index contributed by atoms with van der Waals surface area (Å²) in [4.78, 5) is 0. The van der Waals surface area contributed by atoms with Gasteiger partial charge in [-0.05, 0) is 55.9 Å². The minimum atomic E-state index is 0.132. The Bertz CT molecular complexity index is 582. The van der Waals surface area contributed by atoms with Crippen LogP contribution in [0.25, 0.3) is 5.57 Å². The normalized spacial score (nSPS) is 15.0.